The molecule has 0 saturated heterocycles. The van der Waals surface area contributed by atoms with Crippen molar-refractivity contribution in [3.8, 4) is 0 Å². The van der Waals surface area contributed by atoms with Gasteiger partial charge >= 0.3 is 0 Å². The van der Waals surface area contributed by atoms with E-state index in [-0.39, 0.29) is 12.4 Å². The van der Waals surface area contributed by atoms with E-state index in [1.807, 2.05) is 0 Å². The molecule has 3 aliphatic rings. The smallest absolute Gasteiger partial charge is 0.280 e. The van der Waals surface area contributed by atoms with E-state index in [1.54, 1.807) is 6.08 Å². The SMILES string of the molecule is C=C=C1c2c(C=C)c(=O)nc(CC3(c4ccc5c(c4)CCC5)CCCC3)n2CCN1C(C)C.[HH]. The van der Waals surface area contributed by atoms with Crippen LogP contribution in [0.25, 0.3) is 11.8 Å². The van der Waals surface area contributed by atoms with E-state index in [2.05, 4.69) is 65.4 Å². The molecular formula is C29H37N3O. The zero-order valence-corrected chi connectivity index (χ0v) is 20.1. The second-order valence-corrected chi connectivity index (χ2v) is 10.3. The van der Waals surface area contributed by atoms with Crippen molar-refractivity contribution in [3.05, 3.63) is 81.2 Å². The highest BCUT2D eigenvalue weighted by atomic mass is 16.1. The maximum absolute atomic E-state index is 13.2. The molecule has 33 heavy (non-hydrogen) atoms. The molecule has 0 unspecified atom stereocenters. The van der Waals surface area contributed by atoms with Gasteiger partial charge in [-0.1, -0.05) is 50.3 Å². The lowest BCUT2D eigenvalue weighted by Crippen LogP contribution is -2.41. The van der Waals surface area contributed by atoms with E-state index < -0.39 is 0 Å². The van der Waals surface area contributed by atoms with Crippen molar-refractivity contribution in [1.29, 1.82) is 0 Å². The Labute approximate surface area is 198 Å². The highest BCUT2D eigenvalue weighted by Crippen LogP contribution is 2.45. The van der Waals surface area contributed by atoms with Crippen LogP contribution in [0.4, 0.5) is 0 Å². The van der Waals surface area contributed by atoms with Crippen LogP contribution in [-0.2, 0) is 31.2 Å². The summed E-state index contributed by atoms with van der Waals surface area (Å²) in [5.41, 5.74) is 9.84. The highest BCUT2D eigenvalue weighted by molar-refractivity contribution is 5.70. The Hall–Kier alpha value is -2.84. The van der Waals surface area contributed by atoms with E-state index in [1.165, 1.54) is 48.8 Å². The van der Waals surface area contributed by atoms with Crippen molar-refractivity contribution in [2.24, 2.45) is 0 Å². The predicted octanol–water partition coefficient (Wildman–Crippen LogP) is 5.53. The van der Waals surface area contributed by atoms with Gasteiger partial charge < -0.3 is 9.47 Å². The zero-order chi connectivity index (χ0) is 23.2. The van der Waals surface area contributed by atoms with Gasteiger partial charge in [-0.25, -0.2) is 0 Å². The molecule has 1 fully saturated rings. The largest absolute Gasteiger partial charge is 0.359 e. The highest BCUT2D eigenvalue weighted by Gasteiger charge is 2.39. The van der Waals surface area contributed by atoms with Crippen molar-refractivity contribution in [3.63, 3.8) is 0 Å². The Morgan fingerprint density at radius 2 is 1.94 bits per heavy atom. The number of benzene rings is 1. The van der Waals surface area contributed by atoms with Crippen LogP contribution in [0.15, 0.2) is 41.9 Å². The molecule has 1 aromatic carbocycles. The lowest BCUT2D eigenvalue weighted by Gasteiger charge is -2.39. The zero-order valence-electron chi connectivity index (χ0n) is 20.1. The van der Waals surface area contributed by atoms with Crippen molar-refractivity contribution < 1.29 is 1.43 Å². The van der Waals surface area contributed by atoms with Gasteiger partial charge in [-0.2, -0.15) is 4.98 Å². The first kappa shape index (κ1) is 22.0. The number of fused-ring (bicyclic) bond motifs is 2. The summed E-state index contributed by atoms with van der Waals surface area (Å²) in [6.07, 6.45) is 10.9. The molecule has 0 spiro atoms. The lowest BCUT2D eigenvalue weighted by atomic mass is 9.75. The molecule has 1 aromatic heterocycles. The molecule has 2 aromatic rings. The van der Waals surface area contributed by atoms with Crippen LogP contribution >= 0.6 is 0 Å². The van der Waals surface area contributed by atoms with Crippen molar-refractivity contribution in [1.82, 2.24) is 14.5 Å². The topological polar surface area (TPSA) is 38.1 Å². The van der Waals surface area contributed by atoms with Gasteiger partial charge in [0.1, 0.15) is 11.5 Å². The van der Waals surface area contributed by atoms with Crippen LogP contribution in [0, 0.1) is 0 Å². The number of aryl methyl sites for hydroxylation is 2. The molecule has 4 nitrogen and oxygen atoms in total. The van der Waals surface area contributed by atoms with Gasteiger partial charge in [0.05, 0.1) is 11.3 Å². The molecule has 2 heterocycles. The Balaban J connectivity index is 0.00000274. The summed E-state index contributed by atoms with van der Waals surface area (Å²) in [5, 5.41) is 0. The van der Waals surface area contributed by atoms with E-state index in [4.69, 9.17) is 0 Å². The van der Waals surface area contributed by atoms with E-state index in [9.17, 15) is 4.79 Å². The minimum Gasteiger partial charge on any atom is -0.359 e. The summed E-state index contributed by atoms with van der Waals surface area (Å²) in [4.78, 5) is 20.1. The monoisotopic (exact) mass is 443 g/mol. The van der Waals surface area contributed by atoms with Crippen LogP contribution < -0.4 is 5.56 Å². The van der Waals surface area contributed by atoms with Crippen LogP contribution in [-0.4, -0.2) is 27.0 Å². The molecule has 5 rings (SSSR count). The second-order valence-electron chi connectivity index (χ2n) is 10.3. The Kier molecular flexibility index (Phi) is 5.66. The first-order chi connectivity index (χ1) is 16.0. The molecule has 0 radical (unpaired) electrons. The van der Waals surface area contributed by atoms with Crippen LogP contribution in [0.5, 0.6) is 0 Å². The Bertz CT molecular complexity index is 1210. The fraction of sp³-hybridized carbons (Fsp3) is 0.483. The summed E-state index contributed by atoms with van der Waals surface area (Å²) in [6, 6.07) is 7.49. The normalized spacial score (nSPS) is 18.9. The summed E-state index contributed by atoms with van der Waals surface area (Å²) in [5.74, 6) is 0.902. The number of rotatable bonds is 5. The van der Waals surface area contributed by atoms with E-state index in [0.717, 1.165) is 49.6 Å². The van der Waals surface area contributed by atoms with Crippen LogP contribution in [0.2, 0.25) is 0 Å². The third-order valence-corrected chi connectivity index (χ3v) is 8.14. The Morgan fingerprint density at radius 3 is 2.64 bits per heavy atom. The first-order valence-electron chi connectivity index (χ1n) is 12.5. The molecular weight excluding hydrogens is 406 g/mol. The molecule has 1 aliphatic heterocycles. The standard InChI is InChI=1S/C29H35N3O.H2/c1-5-24-27-25(6-2)31(20(3)4)16-17-32(27)26(30-28(24)33)19-29(14-7-8-15-29)23-13-12-21-10-9-11-22(21)18-23;/h5,12-13,18,20H,1-2,7-11,14-17,19H2,3-4H3;1H. The molecule has 0 bridgehead atoms. The maximum Gasteiger partial charge on any atom is 0.280 e. The van der Waals surface area contributed by atoms with Crippen molar-refractivity contribution >= 4 is 11.8 Å². The quantitative estimate of drug-likeness (QED) is 0.571. The summed E-state index contributed by atoms with van der Waals surface area (Å²) in [7, 11) is 0. The van der Waals surface area contributed by atoms with E-state index in [0.29, 0.717) is 11.6 Å². The van der Waals surface area contributed by atoms with Gasteiger partial charge in [-0.05, 0) is 62.6 Å². The third kappa shape index (κ3) is 3.61. The minimum atomic E-state index is -0.188. The van der Waals surface area contributed by atoms with Gasteiger partial charge in [0.25, 0.3) is 5.56 Å². The summed E-state index contributed by atoms with van der Waals surface area (Å²) in [6.45, 7) is 13.9. The molecule has 1 saturated carbocycles. The van der Waals surface area contributed by atoms with Gasteiger partial charge in [0.2, 0.25) is 0 Å². The molecule has 2 aliphatic carbocycles. The average Bonchev–Trinajstić information content (AvgIpc) is 3.48. The molecule has 4 heteroatoms. The average molecular weight is 444 g/mol. The van der Waals surface area contributed by atoms with Crippen LogP contribution in [0.3, 0.4) is 0 Å². The first-order valence-corrected chi connectivity index (χ1v) is 12.5. The number of aromatic nitrogens is 2. The fourth-order valence-electron chi connectivity index (χ4n) is 6.41. The van der Waals surface area contributed by atoms with E-state index >= 15 is 0 Å². The lowest BCUT2D eigenvalue weighted by molar-refractivity contribution is 0.287. The number of hydrogen-bond acceptors (Lipinski definition) is 3. The van der Waals surface area contributed by atoms with Gasteiger partial charge in [0.15, 0.2) is 0 Å². The number of hydrogen-bond donors (Lipinski definition) is 0. The predicted molar refractivity (Wildman–Crippen MR) is 137 cm³/mol. The molecule has 174 valence electrons. The summed E-state index contributed by atoms with van der Waals surface area (Å²) < 4.78 is 2.26. The third-order valence-electron chi connectivity index (χ3n) is 8.14. The second kappa shape index (κ2) is 8.50. The number of nitrogens with zero attached hydrogens (tertiary/aromatic N) is 3. The molecule has 0 atom stereocenters. The maximum atomic E-state index is 13.2. The minimum absolute atomic E-state index is 0. The van der Waals surface area contributed by atoms with Crippen LogP contribution in [0.1, 0.15) is 81.2 Å². The molecule has 0 N–H and O–H groups in total. The van der Waals surface area contributed by atoms with Gasteiger partial charge in [-0.3, -0.25) is 4.79 Å². The van der Waals surface area contributed by atoms with Crippen molar-refractivity contribution in [2.75, 3.05) is 6.54 Å². The van der Waals surface area contributed by atoms with Crippen molar-refractivity contribution in [2.45, 2.75) is 83.2 Å². The Morgan fingerprint density at radius 1 is 1.18 bits per heavy atom. The fourth-order valence-corrected chi connectivity index (χ4v) is 6.41. The molecule has 0 amide bonds. The van der Waals surface area contributed by atoms with Gasteiger partial charge in [0, 0.05) is 32.4 Å². The summed E-state index contributed by atoms with van der Waals surface area (Å²) >= 11 is 0. The van der Waals surface area contributed by atoms with Gasteiger partial charge in [-0.15, -0.1) is 5.73 Å².